The van der Waals surface area contributed by atoms with Crippen molar-refractivity contribution < 1.29 is 4.79 Å². The van der Waals surface area contributed by atoms with Crippen molar-refractivity contribution in [3.05, 3.63) is 46.0 Å². The van der Waals surface area contributed by atoms with Gasteiger partial charge in [0.05, 0.1) is 0 Å². The lowest BCUT2D eigenvalue weighted by Crippen LogP contribution is -2.31. The van der Waals surface area contributed by atoms with Crippen molar-refractivity contribution in [3.8, 4) is 0 Å². The number of aryl methyl sites for hydroxylation is 1. The topological polar surface area (TPSA) is 53.8 Å². The van der Waals surface area contributed by atoms with Crippen molar-refractivity contribution in [2.75, 3.05) is 0 Å². The minimum atomic E-state index is -0.0892. The number of rotatable bonds is 2. The van der Waals surface area contributed by atoms with E-state index in [0.29, 0.717) is 12.3 Å². The second-order valence-electron chi connectivity index (χ2n) is 5.62. The molecule has 0 atom stereocenters. The fourth-order valence-corrected chi connectivity index (χ4v) is 1.95. The van der Waals surface area contributed by atoms with E-state index in [1.54, 1.807) is 6.92 Å². The maximum Gasteiger partial charge on any atom is 0.252 e. The van der Waals surface area contributed by atoms with E-state index in [4.69, 9.17) is 11.6 Å². The number of amidine groups is 1. The van der Waals surface area contributed by atoms with Gasteiger partial charge < -0.3 is 5.32 Å². The lowest BCUT2D eigenvalue weighted by Gasteiger charge is -2.05. The van der Waals surface area contributed by atoms with Gasteiger partial charge in [-0.2, -0.15) is 5.10 Å². The van der Waals surface area contributed by atoms with Crippen molar-refractivity contribution in [1.29, 1.82) is 0 Å². The summed E-state index contributed by atoms with van der Waals surface area (Å²) in [5.41, 5.74) is 3.97. The van der Waals surface area contributed by atoms with Crippen LogP contribution in [-0.2, 0) is 11.2 Å². The molecule has 1 aliphatic rings. The molecule has 0 saturated carbocycles. The molecule has 0 radical (unpaired) electrons. The van der Waals surface area contributed by atoms with Crippen LogP contribution in [0.25, 0.3) is 0 Å². The van der Waals surface area contributed by atoms with Crippen molar-refractivity contribution >= 4 is 29.1 Å². The number of hydrogen-bond acceptors (Lipinski definition) is 3. The minimum Gasteiger partial charge on any atom is -0.309 e. The molecule has 1 aromatic carbocycles. The Labute approximate surface area is 143 Å². The molecule has 5 heteroatoms. The lowest BCUT2D eigenvalue weighted by molar-refractivity contribution is -0.116. The number of benzene rings is 1. The minimum absolute atomic E-state index is 0.0892. The Morgan fingerprint density at radius 2 is 1.96 bits per heavy atom. The van der Waals surface area contributed by atoms with Gasteiger partial charge in [-0.3, -0.25) is 4.79 Å². The van der Waals surface area contributed by atoms with E-state index in [-0.39, 0.29) is 5.91 Å². The van der Waals surface area contributed by atoms with Gasteiger partial charge in [0.15, 0.2) is 0 Å². The Hall–Kier alpha value is -1.94. The monoisotopic (exact) mass is 333 g/mol. The van der Waals surface area contributed by atoms with Crippen LogP contribution in [-0.4, -0.2) is 17.5 Å². The molecular weight excluding hydrogens is 310 g/mol. The van der Waals surface area contributed by atoms with Crippen LogP contribution >= 0.6 is 11.6 Å². The summed E-state index contributed by atoms with van der Waals surface area (Å²) in [5.74, 6) is 0.543. The van der Waals surface area contributed by atoms with Crippen molar-refractivity contribution in [2.24, 2.45) is 10.2 Å². The first-order chi connectivity index (χ1) is 10.8. The molecule has 1 amide bonds. The summed E-state index contributed by atoms with van der Waals surface area (Å²) >= 11 is 5.72. The molecule has 4 nitrogen and oxygen atoms in total. The van der Waals surface area contributed by atoms with Crippen LogP contribution in [0.3, 0.4) is 0 Å². The van der Waals surface area contributed by atoms with Gasteiger partial charge in [-0.05, 0) is 51.8 Å². The molecule has 0 bridgehead atoms. The predicted octanol–water partition coefficient (Wildman–Crippen LogP) is 4.54. The van der Waals surface area contributed by atoms with Crippen LogP contribution in [0, 0.1) is 0 Å². The zero-order chi connectivity index (χ0) is 17.4. The van der Waals surface area contributed by atoms with Gasteiger partial charge in [-0.15, -0.1) is 5.10 Å². The molecule has 0 saturated heterocycles. The molecule has 0 fully saturated rings. The molecule has 0 aromatic heterocycles. The van der Waals surface area contributed by atoms with Gasteiger partial charge >= 0.3 is 0 Å². The maximum absolute atomic E-state index is 11.5. The first-order valence-electron chi connectivity index (χ1n) is 7.63. The van der Waals surface area contributed by atoms with Gasteiger partial charge in [0.2, 0.25) is 0 Å². The second-order valence-corrected chi connectivity index (χ2v) is 6.06. The highest BCUT2D eigenvalue weighted by atomic mass is 35.5. The van der Waals surface area contributed by atoms with Crippen molar-refractivity contribution in [1.82, 2.24) is 5.32 Å². The highest BCUT2D eigenvalue weighted by Crippen LogP contribution is 2.10. The van der Waals surface area contributed by atoms with Crippen molar-refractivity contribution in [3.63, 3.8) is 0 Å². The smallest absolute Gasteiger partial charge is 0.252 e. The summed E-state index contributed by atoms with van der Waals surface area (Å²) in [4.78, 5) is 11.5. The van der Waals surface area contributed by atoms with Gasteiger partial charge in [-0.1, -0.05) is 36.2 Å². The number of allylic oxidation sites excluding steroid dienone is 1. The van der Waals surface area contributed by atoms with Gasteiger partial charge in [-0.25, -0.2) is 0 Å². The maximum atomic E-state index is 11.5. The SMILES string of the molecule is CC1=NN=C(NC(=O)C(C)=C(C)C)C1.CCc1cccc(Cl)c1. The summed E-state index contributed by atoms with van der Waals surface area (Å²) in [6, 6.07) is 7.93. The average Bonchev–Trinajstić information content (AvgIpc) is 2.92. The molecule has 0 aliphatic carbocycles. The Morgan fingerprint density at radius 1 is 1.26 bits per heavy atom. The van der Waals surface area contributed by atoms with E-state index < -0.39 is 0 Å². The van der Waals surface area contributed by atoms with Crippen LogP contribution in [0.2, 0.25) is 5.02 Å². The number of nitrogens with one attached hydrogen (secondary N) is 1. The molecular formula is C18H24ClN3O. The van der Waals surface area contributed by atoms with Crippen LogP contribution in [0.15, 0.2) is 45.6 Å². The van der Waals surface area contributed by atoms with Crippen molar-refractivity contribution in [2.45, 2.75) is 47.5 Å². The van der Waals surface area contributed by atoms with Crippen LogP contribution in [0.1, 0.15) is 46.6 Å². The Morgan fingerprint density at radius 3 is 2.39 bits per heavy atom. The third-order valence-corrected chi connectivity index (χ3v) is 3.65. The Kier molecular flexibility index (Phi) is 7.69. The van der Waals surface area contributed by atoms with E-state index in [2.05, 4.69) is 28.5 Å². The molecule has 0 unspecified atom stereocenters. The van der Waals surface area contributed by atoms with Crippen LogP contribution in [0.4, 0.5) is 0 Å². The molecule has 1 aliphatic heterocycles. The molecule has 0 spiro atoms. The second kappa shape index (κ2) is 9.26. The van der Waals surface area contributed by atoms with E-state index in [1.807, 2.05) is 39.0 Å². The predicted molar refractivity (Wildman–Crippen MR) is 98.2 cm³/mol. The molecule has 124 valence electrons. The highest BCUT2D eigenvalue weighted by Gasteiger charge is 2.13. The van der Waals surface area contributed by atoms with E-state index in [1.165, 1.54) is 5.56 Å². The standard InChI is InChI=1S/C10H15N3O.C8H9Cl/c1-6(2)8(4)10(14)11-9-5-7(3)12-13-9;1-2-7-4-3-5-8(9)6-7/h5H2,1-4H3,(H,11,13,14);3-6H,2H2,1H3. The summed E-state index contributed by atoms with van der Waals surface area (Å²) in [7, 11) is 0. The largest absolute Gasteiger partial charge is 0.309 e. The number of hydrogen-bond donors (Lipinski definition) is 1. The van der Waals surface area contributed by atoms with Gasteiger partial charge in [0.1, 0.15) is 5.84 Å². The Bertz CT molecular complexity index is 656. The fourth-order valence-electron chi connectivity index (χ4n) is 1.74. The van der Waals surface area contributed by atoms with Gasteiger partial charge in [0, 0.05) is 22.7 Å². The van der Waals surface area contributed by atoms with E-state index >= 15 is 0 Å². The number of amides is 1. The zero-order valence-electron chi connectivity index (χ0n) is 14.4. The third-order valence-electron chi connectivity index (χ3n) is 3.41. The fraction of sp³-hybridized carbons (Fsp3) is 0.389. The molecule has 1 N–H and O–H groups in total. The first-order valence-corrected chi connectivity index (χ1v) is 8.01. The molecule has 2 rings (SSSR count). The zero-order valence-corrected chi connectivity index (χ0v) is 15.2. The quantitative estimate of drug-likeness (QED) is 0.794. The average molecular weight is 334 g/mol. The molecule has 1 heterocycles. The summed E-state index contributed by atoms with van der Waals surface area (Å²) in [5, 5.41) is 11.3. The highest BCUT2D eigenvalue weighted by molar-refractivity contribution is 6.30. The number of carbonyl (C=O) groups excluding carboxylic acids is 1. The summed E-state index contributed by atoms with van der Waals surface area (Å²) in [6.45, 7) is 9.62. The van der Waals surface area contributed by atoms with E-state index in [9.17, 15) is 4.79 Å². The number of nitrogens with zero attached hydrogens (tertiary/aromatic N) is 2. The number of carbonyl (C=O) groups is 1. The summed E-state index contributed by atoms with van der Waals surface area (Å²) < 4.78 is 0. The van der Waals surface area contributed by atoms with Crippen LogP contribution in [0.5, 0.6) is 0 Å². The first kappa shape index (κ1) is 19.1. The summed E-state index contributed by atoms with van der Waals surface area (Å²) in [6.07, 6.45) is 1.70. The normalized spacial score (nSPS) is 12.6. The lowest BCUT2D eigenvalue weighted by atomic mass is 10.1. The van der Waals surface area contributed by atoms with Gasteiger partial charge in [0.25, 0.3) is 5.91 Å². The third kappa shape index (κ3) is 6.78. The van der Waals surface area contributed by atoms with E-state index in [0.717, 1.165) is 28.3 Å². The van der Waals surface area contributed by atoms with Crippen LogP contribution < -0.4 is 5.32 Å². The molecule has 23 heavy (non-hydrogen) atoms. The molecule has 1 aromatic rings. The Balaban J connectivity index is 0.000000253. The number of halogens is 1.